The Kier molecular flexibility index (Phi) is 5.92. The van der Waals surface area contributed by atoms with Crippen molar-refractivity contribution in [2.75, 3.05) is 24.7 Å². The van der Waals surface area contributed by atoms with Crippen molar-refractivity contribution in [3.63, 3.8) is 0 Å². The molecular formula is C19H19ClFN3O4S. The molecule has 29 heavy (non-hydrogen) atoms. The van der Waals surface area contributed by atoms with Crippen molar-refractivity contribution in [1.29, 1.82) is 0 Å². The number of carbonyl (C=O) groups is 2. The van der Waals surface area contributed by atoms with Crippen LogP contribution < -0.4 is 10.6 Å². The largest absolute Gasteiger partial charge is 0.323 e. The Morgan fingerprint density at radius 3 is 2.41 bits per heavy atom. The molecule has 0 aromatic heterocycles. The molecule has 3 rings (SSSR count). The Hall–Kier alpha value is -2.49. The van der Waals surface area contributed by atoms with Crippen molar-refractivity contribution < 1.29 is 22.4 Å². The molecule has 1 fully saturated rings. The zero-order valence-corrected chi connectivity index (χ0v) is 17.3. The lowest BCUT2D eigenvalue weighted by molar-refractivity contribution is -0.117. The number of sulfonamides is 1. The minimum atomic E-state index is -3.75. The van der Waals surface area contributed by atoms with Gasteiger partial charge in [0.15, 0.2) is 0 Å². The second kappa shape index (κ2) is 8.10. The summed E-state index contributed by atoms with van der Waals surface area (Å²) in [7, 11) is -1.00. The number of carbonyl (C=O) groups excluding carboxylic acids is 2. The molecule has 2 aromatic carbocycles. The van der Waals surface area contributed by atoms with Gasteiger partial charge in [-0.1, -0.05) is 11.6 Å². The third kappa shape index (κ3) is 4.75. The van der Waals surface area contributed by atoms with Crippen LogP contribution in [0, 0.1) is 11.7 Å². The second-order valence-electron chi connectivity index (χ2n) is 6.84. The summed E-state index contributed by atoms with van der Waals surface area (Å²) in [4.78, 5) is 24.4. The van der Waals surface area contributed by atoms with Gasteiger partial charge in [-0.15, -0.1) is 0 Å². The van der Waals surface area contributed by atoms with E-state index < -0.39 is 21.7 Å². The summed E-state index contributed by atoms with van der Waals surface area (Å²) in [5.41, 5.74) is 0.122. The van der Waals surface area contributed by atoms with Crippen LogP contribution in [-0.4, -0.2) is 38.6 Å². The van der Waals surface area contributed by atoms with Gasteiger partial charge in [0.1, 0.15) is 5.82 Å². The zero-order valence-electron chi connectivity index (χ0n) is 15.7. The van der Waals surface area contributed by atoms with Gasteiger partial charge in [-0.25, -0.2) is 17.1 Å². The molecule has 154 valence electrons. The summed E-state index contributed by atoms with van der Waals surface area (Å²) in [5, 5.41) is 5.10. The second-order valence-corrected chi connectivity index (χ2v) is 9.40. The highest BCUT2D eigenvalue weighted by Gasteiger charge is 2.30. The van der Waals surface area contributed by atoms with Crippen molar-refractivity contribution in [3.05, 3.63) is 52.8 Å². The van der Waals surface area contributed by atoms with Gasteiger partial charge in [0.2, 0.25) is 15.9 Å². The van der Waals surface area contributed by atoms with Gasteiger partial charge in [0.05, 0.1) is 21.2 Å². The molecule has 10 heteroatoms. The van der Waals surface area contributed by atoms with Crippen LogP contribution >= 0.6 is 11.6 Å². The monoisotopic (exact) mass is 439 g/mol. The summed E-state index contributed by atoms with van der Waals surface area (Å²) < 4.78 is 39.6. The number of anilines is 2. The number of rotatable bonds is 6. The van der Waals surface area contributed by atoms with Gasteiger partial charge in [0.25, 0.3) is 5.91 Å². The van der Waals surface area contributed by atoms with Crippen LogP contribution in [0.4, 0.5) is 15.8 Å². The van der Waals surface area contributed by atoms with E-state index in [1.54, 1.807) is 0 Å². The van der Waals surface area contributed by atoms with Crippen molar-refractivity contribution in [1.82, 2.24) is 4.31 Å². The Morgan fingerprint density at radius 2 is 1.79 bits per heavy atom. The summed E-state index contributed by atoms with van der Waals surface area (Å²) in [5.74, 6) is -1.67. The van der Waals surface area contributed by atoms with Gasteiger partial charge in [0, 0.05) is 25.7 Å². The van der Waals surface area contributed by atoms with Gasteiger partial charge in [-0.2, -0.15) is 0 Å². The average Bonchev–Trinajstić information content (AvgIpc) is 3.49. The molecule has 0 bridgehead atoms. The first kappa shape index (κ1) is 21.2. The predicted molar refractivity (Wildman–Crippen MR) is 108 cm³/mol. The molecule has 0 saturated heterocycles. The third-order valence-electron chi connectivity index (χ3n) is 4.39. The molecule has 0 spiro atoms. The Bertz CT molecular complexity index is 1080. The lowest BCUT2D eigenvalue weighted by Crippen LogP contribution is -2.23. The maximum absolute atomic E-state index is 14.0. The molecule has 0 aliphatic heterocycles. The molecule has 2 amide bonds. The van der Waals surface area contributed by atoms with E-state index >= 15 is 0 Å². The minimum absolute atomic E-state index is 0.0465. The molecule has 1 aliphatic rings. The van der Waals surface area contributed by atoms with Crippen molar-refractivity contribution in [2.24, 2.45) is 5.92 Å². The van der Waals surface area contributed by atoms with Crippen molar-refractivity contribution in [2.45, 2.75) is 17.7 Å². The summed E-state index contributed by atoms with van der Waals surface area (Å²) in [6.07, 6.45) is 1.54. The highest BCUT2D eigenvalue weighted by molar-refractivity contribution is 7.89. The van der Waals surface area contributed by atoms with Gasteiger partial charge >= 0.3 is 0 Å². The smallest absolute Gasteiger partial charge is 0.257 e. The topological polar surface area (TPSA) is 95.6 Å². The first-order valence-electron chi connectivity index (χ1n) is 8.73. The minimum Gasteiger partial charge on any atom is -0.323 e. The summed E-state index contributed by atoms with van der Waals surface area (Å²) >= 11 is 6.07. The summed E-state index contributed by atoms with van der Waals surface area (Å²) in [6, 6.07) is 7.53. The summed E-state index contributed by atoms with van der Waals surface area (Å²) in [6.45, 7) is 0. The van der Waals surface area contributed by atoms with Crippen LogP contribution in [0.25, 0.3) is 0 Å². The number of nitrogens with zero attached hydrogens (tertiary/aromatic N) is 1. The van der Waals surface area contributed by atoms with Crippen LogP contribution in [0.1, 0.15) is 23.2 Å². The van der Waals surface area contributed by atoms with Crippen molar-refractivity contribution >= 4 is 44.8 Å². The van der Waals surface area contributed by atoms with Gasteiger partial charge in [-0.3, -0.25) is 9.59 Å². The maximum atomic E-state index is 14.0. The number of amides is 2. The first-order valence-corrected chi connectivity index (χ1v) is 10.5. The quantitative estimate of drug-likeness (QED) is 0.721. The Balaban J connectivity index is 1.84. The van der Waals surface area contributed by atoms with Crippen LogP contribution in [-0.2, 0) is 14.8 Å². The van der Waals surface area contributed by atoms with Crippen LogP contribution in [0.15, 0.2) is 41.3 Å². The first-order chi connectivity index (χ1) is 13.6. The van der Waals surface area contributed by atoms with Crippen LogP contribution in [0.2, 0.25) is 5.02 Å². The number of halogens is 2. The van der Waals surface area contributed by atoms with Crippen LogP contribution in [0.5, 0.6) is 0 Å². The van der Waals surface area contributed by atoms with E-state index in [0.29, 0.717) is 0 Å². The highest BCUT2D eigenvalue weighted by Crippen LogP contribution is 2.31. The van der Waals surface area contributed by atoms with E-state index in [2.05, 4.69) is 10.6 Å². The SMILES string of the molecule is CN(C)S(=O)(=O)c1ccc(Cl)c(C(=O)Nc2ccc(F)c(NC(=O)C3CC3)c2)c1. The fourth-order valence-electron chi connectivity index (χ4n) is 2.53. The normalized spacial score (nSPS) is 14.0. The molecule has 0 unspecified atom stereocenters. The molecule has 1 saturated carbocycles. The molecule has 0 heterocycles. The predicted octanol–water partition coefficient (Wildman–Crippen LogP) is 3.33. The molecule has 7 nitrogen and oxygen atoms in total. The van der Waals surface area contributed by atoms with E-state index in [4.69, 9.17) is 11.6 Å². The number of nitrogens with one attached hydrogen (secondary N) is 2. The van der Waals surface area contributed by atoms with E-state index in [9.17, 15) is 22.4 Å². The van der Waals surface area contributed by atoms with E-state index in [1.807, 2.05) is 0 Å². The Morgan fingerprint density at radius 1 is 1.10 bits per heavy atom. The standard InChI is InChI=1S/C19H19ClFN3O4S/c1-24(2)29(27,28)13-6-7-15(20)14(10-13)19(26)22-12-5-8-16(21)17(9-12)23-18(25)11-3-4-11/h5-11H,3-4H2,1-2H3,(H,22,26)(H,23,25). The van der Waals surface area contributed by atoms with Crippen molar-refractivity contribution in [3.8, 4) is 0 Å². The lowest BCUT2D eigenvalue weighted by atomic mass is 10.2. The lowest BCUT2D eigenvalue weighted by Gasteiger charge is -2.14. The molecule has 0 radical (unpaired) electrons. The third-order valence-corrected chi connectivity index (χ3v) is 6.53. The zero-order chi connectivity index (χ0) is 21.3. The molecular weight excluding hydrogens is 421 g/mol. The number of hydrogen-bond donors (Lipinski definition) is 2. The van der Waals surface area contributed by atoms with E-state index in [1.165, 1.54) is 44.4 Å². The molecule has 0 atom stereocenters. The van der Waals surface area contributed by atoms with Gasteiger partial charge < -0.3 is 10.6 Å². The maximum Gasteiger partial charge on any atom is 0.257 e. The van der Waals surface area contributed by atoms with E-state index in [-0.39, 0.29) is 38.7 Å². The van der Waals surface area contributed by atoms with E-state index in [0.717, 1.165) is 23.2 Å². The van der Waals surface area contributed by atoms with Gasteiger partial charge in [-0.05, 0) is 49.2 Å². The fourth-order valence-corrected chi connectivity index (χ4v) is 3.66. The molecule has 2 N–H and O–H groups in total. The Labute approximate surface area is 172 Å². The van der Waals surface area contributed by atoms with Crippen LogP contribution in [0.3, 0.4) is 0 Å². The number of benzene rings is 2. The highest BCUT2D eigenvalue weighted by atomic mass is 35.5. The fraction of sp³-hybridized carbons (Fsp3) is 0.263. The number of hydrogen-bond acceptors (Lipinski definition) is 4. The molecule has 1 aliphatic carbocycles. The molecule has 2 aromatic rings. The average molecular weight is 440 g/mol.